The van der Waals surface area contributed by atoms with Gasteiger partial charge >= 0.3 is 5.97 Å². The van der Waals surface area contributed by atoms with Crippen LogP contribution in [0.15, 0.2) is 12.1 Å². The Morgan fingerprint density at radius 1 is 1.39 bits per heavy atom. The Hall–Kier alpha value is -1.36. The van der Waals surface area contributed by atoms with Crippen LogP contribution in [0.1, 0.15) is 42.2 Å². The lowest BCUT2D eigenvalue weighted by Gasteiger charge is -2.27. The SMILES string of the molecule is CCc1ccc(C(=O)NC(C(=O)O)C(C)(C)C)s1. The molecule has 1 aromatic heterocycles. The zero-order valence-corrected chi connectivity index (χ0v) is 11.9. The maximum atomic E-state index is 12.0. The zero-order valence-electron chi connectivity index (χ0n) is 11.1. The highest BCUT2D eigenvalue weighted by Gasteiger charge is 2.33. The summed E-state index contributed by atoms with van der Waals surface area (Å²) in [5.74, 6) is -1.33. The highest BCUT2D eigenvalue weighted by molar-refractivity contribution is 7.14. The maximum Gasteiger partial charge on any atom is 0.326 e. The van der Waals surface area contributed by atoms with Gasteiger partial charge in [0.25, 0.3) is 5.91 Å². The average Bonchev–Trinajstić information content (AvgIpc) is 2.71. The van der Waals surface area contributed by atoms with Crippen molar-refractivity contribution in [3.63, 3.8) is 0 Å². The van der Waals surface area contributed by atoms with Crippen molar-refractivity contribution >= 4 is 23.2 Å². The first-order valence-corrected chi connectivity index (χ1v) is 6.69. The second-order valence-electron chi connectivity index (χ2n) is 5.23. The van der Waals surface area contributed by atoms with Gasteiger partial charge in [-0.25, -0.2) is 4.79 Å². The molecule has 1 rings (SSSR count). The van der Waals surface area contributed by atoms with E-state index in [-0.39, 0.29) is 5.91 Å². The minimum absolute atomic E-state index is 0.318. The van der Waals surface area contributed by atoms with Crippen LogP contribution in [0.3, 0.4) is 0 Å². The van der Waals surface area contributed by atoms with Crippen molar-refractivity contribution < 1.29 is 14.7 Å². The summed E-state index contributed by atoms with van der Waals surface area (Å²) in [6.45, 7) is 7.39. The number of aryl methyl sites for hydroxylation is 1. The standard InChI is InChI=1S/C13H19NO3S/c1-5-8-6-7-9(18-8)11(15)14-10(12(16)17)13(2,3)4/h6-7,10H,5H2,1-4H3,(H,14,15)(H,16,17). The van der Waals surface area contributed by atoms with E-state index in [9.17, 15) is 9.59 Å². The predicted molar refractivity (Wildman–Crippen MR) is 72.0 cm³/mol. The van der Waals surface area contributed by atoms with Crippen LogP contribution in [0, 0.1) is 5.41 Å². The molecule has 0 radical (unpaired) electrons. The first-order chi connectivity index (χ1) is 8.25. The second-order valence-corrected chi connectivity index (χ2v) is 6.40. The Balaban J connectivity index is 2.82. The molecule has 0 bridgehead atoms. The first kappa shape index (κ1) is 14.7. The number of rotatable bonds is 4. The molecule has 0 spiro atoms. The van der Waals surface area contributed by atoms with E-state index in [4.69, 9.17) is 5.11 Å². The quantitative estimate of drug-likeness (QED) is 0.882. The van der Waals surface area contributed by atoms with Gasteiger partial charge in [-0.15, -0.1) is 11.3 Å². The molecule has 0 aliphatic heterocycles. The van der Waals surface area contributed by atoms with E-state index in [1.165, 1.54) is 11.3 Å². The summed E-state index contributed by atoms with van der Waals surface area (Å²) in [5, 5.41) is 11.7. The number of hydrogen-bond donors (Lipinski definition) is 2. The number of hydrogen-bond acceptors (Lipinski definition) is 3. The number of carbonyl (C=O) groups excluding carboxylic acids is 1. The molecule has 1 amide bonds. The second kappa shape index (κ2) is 5.52. The number of aliphatic carboxylic acids is 1. The monoisotopic (exact) mass is 269 g/mol. The highest BCUT2D eigenvalue weighted by Crippen LogP contribution is 2.21. The summed E-state index contributed by atoms with van der Waals surface area (Å²) >= 11 is 1.40. The molecular weight excluding hydrogens is 250 g/mol. The Bertz CT molecular complexity index is 445. The molecule has 4 nitrogen and oxygen atoms in total. The summed E-state index contributed by atoms with van der Waals surface area (Å²) in [6, 6.07) is 2.74. The van der Waals surface area contributed by atoms with Crippen molar-refractivity contribution in [2.24, 2.45) is 5.41 Å². The van der Waals surface area contributed by atoms with E-state index >= 15 is 0 Å². The van der Waals surface area contributed by atoms with Gasteiger partial charge in [0.2, 0.25) is 0 Å². The lowest BCUT2D eigenvalue weighted by Crippen LogP contribution is -2.48. The number of amides is 1. The van der Waals surface area contributed by atoms with Crippen molar-refractivity contribution in [2.45, 2.75) is 40.2 Å². The zero-order chi connectivity index (χ0) is 13.9. The molecule has 0 saturated carbocycles. The summed E-state index contributed by atoms with van der Waals surface area (Å²) in [5.41, 5.74) is -0.521. The van der Waals surface area contributed by atoms with Gasteiger partial charge in [0, 0.05) is 4.88 Å². The van der Waals surface area contributed by atoms with Gasteiger partial charge in [-0.2, -0.15) is 0 Å². The Morgan fingerprint density at radius 2 is 2.00 bits per heavy atom. The summed E-state index contributed by atoms with van der Waals surface area (Å²) < 4.78 is 0. The molecule has 1 heterocycles. The predicted octanol–water partition coefficient (Wildman–Crippen LogP) is 2.54. The Kier molecular flexibility index (Phi) is 4.51. The number of carboxylic acids is 1. The van der Waals surface area contributed by atoms with Gasteiger partial charge in [0.05, 0.1) is 4.88 Å². The summed E-state index contributed by atoms with van der Waals surface area (Å²) in [7, 11) is 0. The van der Waals surface area contributed by atoms with Crippen LogP contribution in [-0.4, -0.2) is 23.0 Å². The van der Waals surface area contributed by atoms with Gasteiger partial charge in [-0.05, 0) is 24.0 Å². The van der Waals surface area contributed by atoms with Gasteiger partial charge in [-0.3, -0.25) is 4.79 Å². The van der Waals surface area contributed by atoms with E-state index in [0.717, 1.165) is 11.3 Å². The molecule has 0 fully saturated rings. The number of carboxylic acid groups (broad SMARTS) is 1. The van der Waals surface area contributed by atoms with Crippen molar-refractivity contribution in [1.29, 1.82) is 0 Å². The number of carbonyl (C=O) groups is 2. The number of nitrogens with one attached hydrogen (secondary N) is 1. The summed E-state index contributed by atoms with van der Waals surface area (Å²) in [6.07, 6.45) is 0.875. The molecule has 1 unspecified atom stereocenters. The molecular formula is C13H19NO3S. The molecule has 18 heavy (non-hydrogen) atoms. The van der Waals surface area contributed by atoms with Gasteiger partial charge in [-0.1, -0.05) is 27.7 Å². The molecule has 0 saturated heterocycles. The fraction of sp³-hybridized carbons (Fsp3) is 0.538. The third-order valence-corrected chi connectivity index (χ3v) is 3.85. The minimum Gasteiger partial charge on any atom is -0.480 e. The van der Waals surface area contributed by atoms with Crippen LogP contribution in [0.5, 0.6) is 0 Å². The van der Waals surface area contributed by atoms with Gasteiger partial charge in [0.1, 0.15) is 6.04 Å². The smallest absolute Gasteiger partial charge is 0.326 e. The summed E-state index contributed by atoms with van der Waals surface area (Å²) in [4.78, 5) is 24.8. The average molecular weight is 269 g/mol. The normalized spacial score (nSPS) is 13.1. The van der Waals surface area contributed by atoms with Crippen LogP contribution in [-0.2, 0) is 11.2 Å². The number of thiophene rings is 1. The van der Waals surface area contributed by atoms with Crippen LogP contribution >= 0.6 is 11.3 Å². The fourth-order valence-electron chi connectivity index (χ4n) is 1.54. The third-order valence-electron chi connectivity index (χ3n) is 2.62. The maximum absolute atomic E-state index is 12.0. The molecule has 0 aliphatic rings. The Labute approximate surface area is 111 Å². The van der Waals surface area contributed by atoms with Crippen molar-refractivity contribution in [1.82, 2.24) is 5.32 Å². The molecule has 0 aliphatic carbocycles. The first-order valence-electron chi connectivity index (χ1n) is 5.88. The van der Waals surface area contributed by atoms with Gasteiger partial charge < -0.3 is 10.4 Å². The molecule has 1 atom stereocenters. The van der Waals surface area contributed by atoms with E-state index < -0.39 is 17.4 Å². The van der Waals surface area contributed by atoms with Crippen molar-refractivity contribution in [3.8, 4) is 0 Å². The van der Waals surface area contributed by atoms with Crippen LogP contribution in [0.4, 0.5) is 0 Å². The molecule has 100 valence electrons. The van der Waals surface area contributed by atoms with Crippen molar-refractivity contribution in [2.75, 3.05) is 0 Å². The molecule has 1 aromatic rings. The highest BCUT2D eigenvalue weighted by atomic mass is 32.1. The van der Waals surface area contributed by atoms with Gasteiger partial charge in [0.15, 0.2) is 0 Å². The lowest BCUT2D eigenvalue weighted by atomic mass is 9.87. The largest absolute Gasteiger partial charge is 0.480 e. The van der Waals surface area contributed by atoms with E-state index in [2.05, 4.69) is 5.32 Å². The topological polar surface area (TPSA) is 66.4 Å². The van der Waals surface area contributed by atoms with E-state index in [1.807, 2.05) is 13.0 Å². The van der Waals surface area contributed by atoms with Crippen molar-refractivity contribution in [3.05, 3.63) is 21.9 Å². The molecule has 2 N–H and O–H groups in total. The fourth-order valence-corrected chi connectivity index (χ4v) is 2.39. The lowest BCUT2D eigenvalue weighted by molar-refractivity contribution is -0.142. The van der Waals surface area contributed by atoms with Crippen LogP contribution in [0.2, 0.25) is 0 Å². The Morgan fingerprint density at radius 3 is 2.39 bits per heavy atom. The van der Waals surface area contributed by atoms with E-state index in [0.29, 0.717) is 4.88 Å². The van der Waals surface area contributed by atoms with Crippen LogP contribution < -0.4 is 5.32 Å². The van der Waals surface area contributed by atoms with E-state index in [1.54, 1.807) is 26.8 Å². The molecule has 5 heteroatoms. The minimum atomic E-state index is -1.01. The third kappa shape index (κ3) is 3.57. The molecule has 0 aromatic carbocycles. The van der Waals surface area contributed by atoms with Crippen LogP contribution in [0.25, 0.3) is 0 Å².